The monoisotopic (exact) mass is 446 g/mol. The third kappa shape index (κ3) is 4.84. The molecule has 1 aromatic rings. The van der Waals surface area contributed by atoms with E-state index in [0.717, 1.165) is 38.3 Å². The van der Waals surface area contributed by atoms with Crippen molar-refractivity contribution in [1.29, 1.82) is 0 Å². The van der Waals surface area contributed by atoms with Gasteiger partial charge in [-0.15, -0.1) is 24.0 Å². The lowest BCUT2D eigenvalue weighted by Gasteiger charge is -2.39. The van der Waals surface area contributed by atoms with Gasteiger partial charge in [0.25, 0.3) is 0 Å². The Morgan fingerprint density at radius 3 is 2.79 bits per heavy atom. The Hall–Kier alpha value is -1.32. The van der Waals surface area contributed by atoms with Crippen LogP contribution in [0.5, 0.6) is 0 Å². The van der Waals surface area contributed by atoms with Crippen LogP contribution in [0.4, 0.5) is 0 Å². The number of carbonyl (C=O) groups is 1. The van der Waals surface area contributed by atoms with E-state index < -0.39 is 0 Å². The molecule has 0 radical (unpaired) electrons. The van der Waals surface area contributed by atoms with Gasteiger partial charge in [-0.1, -0.05) is 6.92 Å². The first kappa shape index (κ1) is 19.0. The molecular weight excluding hydrogens is 419 g/mol. The summed E-state index contributed by atoms with van der Waals surface area (Å²) in [7, 11) is 1.77. The molecule has 8 heteroatoms. The van der Waals surface area contributed by atoms with E-state index in [1.165, 1.54) is 0 Å². The minimum absolute atomic E-state index is 0. The second kappa shape index (κ2) is 8.68. The maximum atomic E-state index is 11.8. The van der Waals surface area contributed by atoms with Crippen LogP contribution in [-0.4, -0.2) is 59.0 Å². The maximum Gasteiger partial charge on any atom is 0.239 e. The van der Waals surface area contributed by atoms with Gasteiger partial charge in [-0.2, -0.15) is 0 Å². The number of guanidine groups is 1. The van der Waals surface area contributed by atoms with Gasteiger partial charge in [0, 0.05) is 38.6 Å². The molecule has 1 aliphatic heterocycles. The third-order valence-electron chi connectivity index (χ3n) is 4.69. The first-order chi connectivity index (χ1) is 11.2. The van der Waals surface area contributed by atoms with Gasteiger partial charge >= 0.3 is 0 Å². The number of rotatable bonds is 4. The summed E-state index contributed by atoms with van der Waals surface area (Å²) < 4.78 is 2.17. The summed E-state index contributed by atoms with van der Waals surface area (Å²) in [4.78, 5) is 22.6. The number of imidazole rings is 1. The number of carbonyl (C=O) groups excluding carboxylic acids is 1. The first-order valence-electron chi connectivity index (χ1n) is 8.39. The summed E-state index contributed by atoms with van der Waals surface area (Å²) in [6.45, 7) is 4.39. The standard InChI is InChI=1S/C16H26N6O.HI/c1-12-5-7-21(10-14(12)22-8-6-18-11-22)16(17-2)19-9-15(23)20-13-3-4-13;/h6,8,11-14H,3-5,7,9-10H2,1-2H3,(H,17,19)(H,20,23);1H. The van der Waals surface area contributed by atoms with E-state index in [0.29, 0.717) is 18.0 Å². The van der Waals surface area contributed by atoms with Crippen LogP contribution in [0.15, 0.2) is 23.7 Å². The Morgan fingerprint density at radius 2 is 2.17 bits per heavy atom. The van der Waals surface area contributed by atoms with Crippen LogP contribution in [0.25, 0.3) is 0 Å². The first-order valence-corrected chi connectivity index (χ1v) is 8.39. The van der Waals surface area contributed by atoms with Crippen molar-refractivity contribution in [3.63, 3.8) is 0 Å². The Bertz CT molecular complexity index is 557. The highest BCUT2D eigenvalue weighted by Crippen LogP contribution is 2.27. The zero-order chi connectivity index (χ0) is 16.2. The fourth-order valence-electron chi connectivity index (χ4n) is 3.09. The predicted molar refractivity (Wildman–Crippen MR) is 105 cm³/mol. The predicted octanol–water partition coefficient (Wildman–Crippen LogP) is 1.24. The number of hydrogen-bond donors (Lipinski definition) is 2. The van der Waals surface area contributed by atoms with E-state index in [-0.39, 0.29) is 36.4 Å². The fourth-order valence-corrected chi connectivity index (χ4v) is 3.09. The van der Waals surface area contributed by atoms with Crippen molar-refractivity contribution in [2.75, 3.05) is 26.7 Å². The fraction of sp³-hybridized carbons (Fsp3) is 0.688. The summed E-state index contributed by atoms with van der Waals surface area (Å²) in [5, 5.41) is 6.18. The summed E-state index contributed by atoms with van der Waals surface area (Å²) >= 11 is 0. The van der Waals surface area contributed by atoms with Crippen LogP contribution in [0, 0.1) is 5.92 Å². The van der Waals surface area contributed by atoms with Gasteiger partial charge in [0.2, 0.25) is 5.91 Å². The summed E-state index contributed by atoms with van der Waals surface area (Å²) in [5.74, 6) is 1.44. The highest BCUT2D eigenvalue weighted by Gasteiger charge is 2.29. The number of likely N-dealkylation sites (tertiary alicyclic amines) is 1. The van der Waals surface area contributed by atoms with Crippen molar-refractivity contribution >= 4 is 35.8 Å². The highest BCUT2D eigenvalue weighted by atomic mass is 127. The molecular formula is C16H27IN6O. The molecule has 2 aliphatic rings. The number of aromatic nitrogens is 2. The van der Waals surface area contributed by atoms with Crippen molar-refractivity contribution in [3.8, 4) is 0 Å². The van der Waals surface area contributed by atoms with E-state index in [1.54, 1.807) is 7.05 Å². The Kier molecular flexibility index (Phi) is 6.88. The number of nitrogens with zero attached hydrogens (tertiary/aromatic N) is 4. The molecule has 0 aromatic carbocycles. The van der Waals surface area contributed by atoms with Crippen molar-refractivity contribution in [3.05, 3.63) is 18.7 Å². The molecule has 2 heterocycles. The van der Waals surface area contributed by atoms with Gasteiger partial charge < -0.3 is 20.1 Å². The minimum atomic E-state index is 0. The topological polar surface area (TPSA) is 74.6 Å². The lowest BCUT2D eigenvalue weighted by molar-refractivity contribution is -0.120. The van der Waals surface area contributed by atoms with Crippen molar-refractivity contribution in [1.82, 2.24) is 25.1 Å². The lowest BCUT2D eigenvalue weighted by Crippen LogP contribution is -2.50. The molecule has 1 aliphatic carbocycles. The van der Waals surface area contributed by atoms with E-state index in [9.17, 15) is 4.79 Å². The number of aliphatic imine (C=N–C) groups is 1. The van der Waals surface area contributed by atoms with E-state index in [1.807, 2.05) is 18.7 Å². The van der Waals surface area contributed by atoms with Gasteiger partial charge in [-0.3, -0.25) is 9.79 Å². The minimum Gasteiger partial charge on any atom is -0.352 e. The molecule has 1 saturated carbocycles. The Balaban J connectivity index is 0.00000208. The van der Waals surface area contributed by atoms with Gasteiger partial charge in [0.05, 0.1) is 18.9 Å². The second-order valence-electron chi connectivity index (χ2n) is 6.53. The lowest BCUT2D eigenvalue weighted by atomic mass is 9.93. The Labute approximate surface area is 160 Å². The molecule has 134 valence electrons. The van der Waals surface area contributed by atoms with Crippen LogP contribution in [0.2, 0.25) is 0 Å². The zero-order valence-corrected chi connectivity index (χ0v) is 16.6. The molecule has 2 N–H and O–H groups in total. The van der Waals surface area contributed by atoms with Crippen LogP contribution in [0.1, 0.15) is 32.2 Å². The molecule has 1 aromatic heterocycles. The molecule has 3 rings (SSSR count). The van der Waals surface area contributed by atoms with Gasteiger partial charge in [-0.25, -0.2) is 4.98 Å². The number of hydrogen-bond acceptors (Lipinski definition) is 3. The zero-order valence-electron chi connectivity index (χ0n) is 14.3. The SMILES string of the molecule is CN=C(NCC(=O)NC1CC1)N1CCC(C)C(n2ccnc2)C1.I. The number of amides is 1. The average molecular weight is 446 g/mol. The van der Waals surface area contributed by atoms with Crippen LogP contribution < -0.4 is 10.6 Å². The normalized spacial score (nSPS) is 24.2. The van der Waals surface area contributed by atoms with E-state index in [4.69, 9.17) is 0 Å². The summed E-state index contributed by atoms with van der Waals surface area (Å²) in [6, 6.07) is 0.776. The Morgan fingerprint density at radius 1 is 1.38 bits per heavy atom. The van der Waals surface area contributed by atoms with Crippen LogP contribution in [0.3, 0.4) is 0 Å². The van der Waals surface area contributed by atoms with E-state index in [2.05, 4.69) is 37.0 Å². The molecule has 1 saturated heterocycles. The van der Waals surface area contributed by atoms with Gasteiger partial charge in [0.15, 0.2) is 5.96 Å². The average Bonchev–Trinajstić information content (AvgIpc) is 3.19. The van der Waals surface area contributed by atoms with Crippen LogP contribution >= 0.6 is 24.0 Å². The number of piperidine rings is 1. The van der Waals surface area contributed by atoms with Crippen molar-refractivity contribution in [2.24, 2.45) is 10.9 Å². The molecule has 2 atom stereocenters. The van der Waals surface area contributed by atoms with E-state index >= 15 is 0 Å². The summed E-state index contributed by atoms with van der Waals surface area (Å²) in [5.41, 5.74) is 0. The number of halogens is 1. The highest BCUT2D eigenvalue weighted by molar-refractivity contribution is 14.0. The van der Waals surface area contributed by atoms with Gasteiger partial charge in [0.1, 0.15) is 0 Å². The maximum absolute atomic E-state index is 11.8. The molecule has 0 bridgehead atoms. The van der Waals surface area contributed by atoms with Crippen molar-refractivity contribution in [2.45, 2.75) is 38.3 Å². The summed E-state index contributed by atoms with van der Waals surface area (Å²) in [6.07, 6.45) is 9.03. The molecule has 2 unspecified atom stereocenters. The molecule has 0 spiro atoms. The molecule has 7 nitrogen and oxygen atoms in total. The molecule has 24 heavy (non-hydrogen) atoms. The van der Waals surface area contributed by atoms with Gasteiger partial charge in [-0.05, 0) is 25.2 Å². The quantitative estimate of drug-likeness (QED) is 0.415. The smallest absolute Gasteiger partial charge is 0.239 e. The number of nitrogens with one attached hydrogen (secondary N) is 2. The molecule has 1 amide bonds. The van der Waals surface area contributed by atoms with Crippen LogP contribution in [-0.2, 0) is 4.79 Å². The largest absolute Gasteiger partial charge is 0.352 e. The second-order valence-corrected chi connectivity index (χ2v) is 6.53. The molecule has 2 fully saturated rings. The third-order valence-corrected chi connectivity index (χ3v) is 4.69. The van der Waals surface area contributed by atoms with Crippen molar-refractivity contribution < 1.29 is 4.79 Å².